The maximum atomic E-state index is 12.8. The zero-order valence-corrected chi connectivity index (χ0v) is 14.9. The third kappa shape index (κ3) is 4.37. The molecule has 23 heavy (non-hydrogen) atoms. The van der Waals surface area contributed by atoms with Crippen LogP contribution in [0.15, 0.2) is 18.2 Å². The topological polar surface area (TPSA) is 59.1 Å². The summed E-state index contributed by atoms with van der Waals surface area (Å²) in [4.78, 5) is 0. The number of nitrogens with zero attached hydrogens (tertiary/aromatic N) is 2. The molecule has 1 heterocycles. The smallest absolute Gasteiger partial charge is 0.282 e. The van der Waals surface area contributed by atoms with Crippen molar-refractivity contribution in [1.29, 1.82) is 0 Å². The normalized spacial score (nSPS) is 17.0. The Kier molecular flexibility index (Phi) is 6.26. The molecule has 0 aliphatic carbocycles. The minimum absolute atomic E-state index is 0.270. The number of hydrogen-bond acceptors (Lipinski definition) is 4. The molecule has 2 rings (SSSR count). The Morgan fingerprint density at radius 1 is 1.09 bits per heavy atom. The molecular formula is C16H26N2O4S. The van der Waals surface area contributed by atoms with E-state index in [1.54, 1.807) is 31.6 Å². The molecule has 0 unspecified atom stereocenters. The standard InChI is InChI=1S/C16H26N2O4S/c1-17(23(19,20)18-10-6-4-5-7-11-18)13-14-8-9-15(21-2)12-16(14)22-3/h8-9,12H,4-7,10-11,13H2,1-3H3. The Hall–Kier alpha value is -1.31. The average molecular weight is 342 g/mol. The highest BCUT2D eigenvalue weighted by Gasteiger charge is 2.28. The van der Waals surface area contributed by atoms with Crippen LogP contribution < -0.4 is 9.47 Å². The Balaban J connectivity index is 2.15. The summed E-state index contributed by atoms with van der Waals surface area (Å²) < 4.78 is 39.0. The van der Waals surface area contributed by atoms with Crippen molar-refractivity contribution in [2.75, 3.05) is 34.4 Å². The first-order valence-electron chi connectivity index (χ1n) is 7.91. The third-order valence-electron chi connectivity index (χ3n) is 4.17. The Morgan fingerprint density at radius 2 is 1.74 bits per heavy atom. The highest BCUT2D eigenvalue weighted by molar-refractivity contribution is 7.86. The second kappa shape index (κ2) is 7.99. The molecule has 7 heteroatoms. The Bertz CT molecular complexity index is 611. The van der Waals surface area contributed by atoms with Gasteiger partial charge < -0.3 is 9.47 Å². The van der Waals surface area contributed by atoms with E-state index in [4.69, 9.17) is 9.47 Å². The quantitative estimate of drug-likeness (QED) is 0.796. The van der Waals surface area contributed by atoms with Crippen LogP contribution in [0, 0.1) is 0 Å². The monoisotopic (exact) mass is 342 g/mol. The summed E-state index contributed by atoms with van der Waals surface area (Å²) in [6, 6.07) is 5.41. The van der Waals surface area contributed by atoms with Crippen molar-refractivity contribution < 1.29 is 17.9 Å². The summed E-state index contributed by atoms with van der Waals surface area (Å²) >= 11 is 0. The fourth-order valence-corrected chi connectivity index (χ4v) is 4.19. The van der Waals surface area contributed by atoms with Crippen molar-refractivity contribution in [3.8, 4) is 11.5 Å². The molecule has 130 valence electrons. The number of hydrogen-bond donors (Lipinski definition) is 0. The molecule has 0 N–H and O–H groups in total. The van der Waals surface area contributed by atoms with E-state index >= 15 is 0 Å². The molecule has 0 radical (unpaired) electrons. The largest absolute Gasteiger partial charge is 0.497 e. The minimum Gasteiger partial charge on any atom is -0.497 e. The SMILES string of the molecule is COc1ccc(CN(C)S(=O)(=O)N2CCCCCC2)c(OC)c1. The highest BCUT2D eigenvalue weighted by Crippen LogP contribution is 2.26. The lowest BCUT2D eigenvalue weighted by Crippen LogP contribution is -2.42. The highest BCUT2D eigenvalue weighted by atomic mass is 32.2. The molecule has 1 aliphatic rings. The van der Waals surface area contributed by atoms with E-state index in [0.29, 0.717) is 24.6 Å². The van der Waals surface area contributed by atoms with Crippen molar-refractivity contribution in [3.05, 3.63) is 23.8 Å². The van der Waals surface area contributed by atoms with Gasteiger partial charge in [0.05, 0.1) is 14.2 Å². The van der Waals surface area contributed by atoms with E-state index in [0.717, 1.165) is 31.2 Å². The molecule has 0 bridgehead atoms. The molecule has 1 fully saturated rings. The van der Waals surface area contributed by atoms with Gasteiger partial charge in [-0.2, -0.15) is 17.0 Å². The van der Waals surface area contributed by atoms with E-state index in [-0.39, 0.29) is 6.54 Å². The maximum absolute atomic E-state index is 12.8. The Labute approximate surface area is 139 Å². The van der Waals surface area contributed by atoms with Gasteiger partial charge in [-0.15, -0.1) is 0 Å². The number of benzene rings is 1. The fourth-order valence-electron chi connectivity index (χ4n) is 2.77. The lowest BCUT2D eigenvalue weighted by molar-refractivity contribution is 0.355. The van der Waals surface area contributed by atoms with Gasteiger partial charge in [-0.3, -0.25) is 0 Å². The summed E-state index contributed by atoms with van der Waals surface area (Å²) in [6.07, 6.45) is 4.06. The summed E-state index contributed by atoms with van der Waals surface area (Å²) in [6.45, 7) is 1.48. The fraction of sp³-hybridized carbons (Fsp3) is 0.625. The number of rotatable bonds is 6. The van der Waals surface area contributed by atoms with E-state index in [9.17, 15) is 8.42 Å². The predicted molar refractivity (Wildman–Crippen MR) is 90.0 cm³/mol. The summed E-state index contributed by atoms with van der Waals surface area (Å²) in [5.41, 5.74) is 0.814. The van der Waals surface area contributed by atoms with Gasteiger partial charge in [-0.05, 0) is 18.9 Å². The van der Waals surface area contributed by atoms with Crippen molar-refractivity contribution >= 4 is 10.2 Å². The molecule has 0 spiro atoms. The van der Waals surface area contributed by atoms with E-state index in [1.165, 1.54) is 4.31 Å². The van der Waals surface area contributed by atoms with Crippen molar-refractivity contribution in [3.63, 3.8) is 0 Å². The molecule has 1 saturated heterocycles. The zero-order valence-electron chi connectivity index (χ0n) is 14.1. The van der Waals surface area contributed by atoms with Gasteiger partial charge in [0.15, 0.2) is 0 Å². The van der Waals surface area contributed by atoms with E-state index in [2.05, 4.69) is 0 Å². The van der Waals surface area contributed by atoms with Crippen LogP contribution in [0.5, 0.6) is 11.5 Å². The molecule has 6 nitrogen and oxygen atoms in total. The summed E-state index contributed by atoms with van der Waals surface area (Å²) in [7, 11) is 1.33. The first kappa shape index (κ1) is 18.0. The molecule has 1 aromatic rings. The average Bonchev–Trinajstić information content (AvgIpc) is 2.84. The lowest BCUT2D eigenvalue weighted by atomic mass is 10.2. The van der Waals surface area contributed by atoms with Crippen LogP contribution in [0.25, 0.3) is 0 Å². The molecule has 0 saturated carbocycles. The van der Waals surface area contributed by atoms with Crippen LogP contribution in [0.1, 0.15) is 31.2 Å². The van der Waals surface area contributed by atoms with Gasteiger partial charge in [0, 0.05) is 38.3 Å². The van der Waals surface area contributed by atoms with Gasteiger partial charge in [0.1, 0.15) is 11.5 Å². The van der Waals surface area contributed by atoms with Crippen molar-refractivity contribution in [2.24, 2.45) is 0 Å². The first-order valence-corrected chi connectivity index (χ1v) is 9.31. The van der Waals surface area contributed by atoms with Gasteiger partial charge in [0.25, 0.3) is 10.2 Å². The molecule has 0 atom stereocenters. The molecular weight excluding hydrogens is 316 g/mol. The van der Waals surface area contributed by atoms with Gasteiger partial charge in [-0.25, -0.2) is 0 Å². The van der Waals surface area contributed by atoms with E-state index < -0.39 is 10.2 Å². The predicted octanol–water partition coefficient (Wildman–Crippen LogP) is 2.26. The van der Waals surface area contributed by atoms with Gasteiger partial charge in [0.2, 0.25) is 0 Å². The summed E-state index contributed by atoms with van der Waals surface area (Å²) in [5, 5.41) is 0. The maximum Gasteiger partial charge on any atom is 0.282 e. The summed E-state index contributed by atoms with van der Waals surface area (Å²) in [5.74, 6) is 1.31. The van der Waals surface area contributed by atoms with Crippen molar-refractivity contribution in [1.82, 2.24) is 8.61 Å². The molecule has 0 amide bonds. The van der Waals surface area contributed by atoms with E-state index in [1.807, 2.05) is 12.1 Å². The Morgan fingerprint density at radius 3 is 2.30 bits per heavy atom. The first-order chi connectivity index (χ1) is 11.0. The number of methoxy groups -OCH3 is 2. The molecule has 0 aromatic heterocycles. The lowest BCUT2D eigenvalue weighted by Gasteiger charge is -2.26. The van der Waals surface area contributed by atoms with Gasteiger partial charge in [-0.1, -0.05) is 18.9 Å². The molecule has 1 aliphatic heterocycles. The van der Waals surface area contributed by atoms with Crippen LogP contribution in [0.2, 0.25) is 0 Å². The van der Waals surface area contributed by atoms with Crippen LogP contribution in [-0.4, -0.2) is 51.4 Å². The zero-order chi connectivity index (χ0) is 16.9. The van der Waals surface area contributed by atoms with Crippen LogP contribution in [0.4, 0.5) is 0 Å². The third-order valence-corrected chi connectivity index (χ3v) is 6.11. The minimum atomic E-state index is -3.44. The molecule has 1 aromatic carbocycles. The number of ether oxygens (including phenoxy) is 2. The van der Waals surface area contributed by atoms with Crippen LogP contribution in [0.3, 0.4) is 0 Å². The van der Waals surface area contributed by atoms with Crippen LogP contribution >= 0.6 is 0 Å². The van der Waals surface area contributed by atoms with Gasteiger partial charge >= 0.3 is 0 Å². The second-order valence-electron chi connectivity index (χ2n) is 5.75. The van der Waals surface area contributed by atoms with Crippen LogP contribution in [-0.2, 0) is 16.8 Å². The van der Waals surface area contributed by atoms with Crippen molar-refractivity contribution in [2.45, 2.75) is 32.2 Å². The second-order valence-corrected chi connectivity index (χ2v) is 7.79.